The van der Waals surface area contributed by atoms with Crippen molar-refractivity contribution in [3.8, 4) is 11.1 Å². The minimum atomic E-state index is 0.500. The van der Waals surface area contributed by atoms with Crippen molar-refractivity contribution in [2.45, 2.75) is 117 Å². The van der Waals surface area contributed by atoms with E-state index in [4.69, 9.17) is 0 Å². The van der Waals surface area contributed by atoms with Crippen molar-refractivity contribution in [2.24, 2.45) is 10.8 Å². The molecular weight excluding hydrogens is 372 g/mol. The fraction of sp³-hybridized carbons (Fsp3) is 0.613. The van der Waals surface area contributed by atoms with Gasteiger partial charge in [-0.05, 0) is 39.5 Å². The van der Waals surface area contributed by atoms with E-state index in [0.717, 1.165) is 6.42 Å². The molecule has 0 radical (unpaired) electrons. The van der Waals surface area contributed by atoms with Gasteiger partial charge in [-0.2, -0.15) is 0 Å². The summed E-state index contributed by atoms with van der Waals surface area (Å²) in [6.07, 6.45) is 1.10. The van der Waals surface area contributed by atoms with Crippen molar-refractivity contribution in [3.05, 3.63) is 59.7 Å². The van der Waals surface area contributed by atoms with Crippen molar-refractivity contribution in [3.63, 3.8) is 0 Å². The molecule has 0 saturated heterocycles. The van der Waals surface area contributed by atoms with E-state index >= 15 is 0 Å². The van der Waals surface area contributed by atoms with Crippen molar-refractivity contribution in [1.82, 2.24) is 0 Å². The molecule has 182 valence electrons. The Kier molecular flexibility index (Phi) is 25.7. The van der Waals surface area contributed by atoms with Gasteiger partial charge in [0.25, 0.3) is 0 Å². The molecule has 31 heavy (non-hydrogen) atoms. The lowest BCUT2D eigenvalue weighted by Crippen LogP contribution is -1.93. The summed E-state index contributed by atoms with van der Waals surface area (Å²) in [5.41, 5.74) is 6.75. The Morgan fingerprint density at radius 3 is 0.839 bits per heavy atom. The van der Waals surface area contributed by atoms with Gasteiger partial charge in [0, 0.05) is 0 Å². The molecule has 0 aliphatic heterocycles. The van der Waals surface area contributed by atoms with E-state index < -0.39 is 0 Å². The van der Waals surface area contributed by atoms with Gasteiger partial charge in [0.05, 0.1) is 0 Å². The zero-order valence-electron chi connectivity index (χ0n) is 24.3. The first kappa shape index (κ1) is 36.8. The highest BCUT2D eigenvalue weighted by molar-refractivity contribution is 5.76. The second-order valence-corrected chi connectivity index (χ2v) is 9.49. The van der Waals surface area contributed by atoms with Crippen molar-refractivity contribution >= 4 is 0 Å². The summed E-state index contributed by atoms with van der Waals surface area (Å²) < 4.78 is 0. The van der Waals surface area contributed by atoms with Crippen molar-refractivity contribution < 1.29 is 0 Å². The maximum absolute atomic E-state index is 2.22. The molecule has 0 spiro atoms. The van der Waals surface area contributed by atoms with Crippen molar-refractivity contribution in [2.75, 3.05) is 0 Å². The van der Waals surface area contributed by atoms with Gasteiger partial charge in [-0.15, -0.1) is 0 Å². The Hall–Kier alpha value is -1.56. The van der Waals surface area contributed by atoms with Crippen LogP contribution in [0.2, 0.25) is 0 Å². The highest BCUT2D eigenvalue weighted by Gasteiger charge is 2.15. The third kappa shape index (κ3) is 24.6. The van der Waals surface area contributed by atoms with E-state index in [0.29, 0.717) is 10.8 Å². The third-order valence-electron chi connectivity index (χ3n) is 2.71. The number of hydrogen-bond donors (Lipinski definition) is 0. The van der Waals surface area contributed by atoms with E-state index in [1.165, 1.54) is 22.3 Å². The van der Waals surface area contributed by atoms with Crippen LogP contribution >= 0.6 is 0 Å². The van der Waals surface area contributed by atoms with Gasteiger partial charge < -0.3 is 0 Å². The lowest BCUT2D eigenvalue weighted by Gasteiger charge is -2.05. The van der Waals surface area contributed by atoms with Gasteiger partial charge in [-0.3, -0.25) is 0 Å². The van der Waals surface area contributed by atoms with Crippen LogP contribution in [0.3, 0.4) is 0 Å². The fourth-order valence-corrected chi connectivity index (χ4v) is 2.08. The summed E-state index contributed by atoms with van der Waals surface area (Å²) in [6.45, 7) is 33.5. The molecule has 0 nitrogen and oxygen atoms in total. The van der Waals surface area contributed by atoms with Crippen LogP contribution in [0.1, 0.15) is 122 Å². The Morgan fingerprint density at radius 2 is 0.613 bits per heavy atom. The zero-order chi connectivity index (χ0) is 25.7. The van der Waals surface area contributed by atoms with Crippen LogP contribution in [0.4, 0.5) is 0 Å². The van der Waals surface area contributed by atoms with Gasteiger partial charge in [-0.25, -0.2) is 0 Å². The fourth-order valence-electron chi connectivity index (χ4n) is 2.08. The van der Waals surface area contributed by atoms with Crippen molar-refractivity contribution in [1.29, 1.82) is 0 Å². The molecule has 1 aliphatic rings. The van der Waals surface area contributed by atoms with Gasteiger partial charge in [0.1, 0.15) is 0 Å². The molecule has 0 heteroatoms. The summed E-state index contributed by atoms with van der Waals surface area (Å²) in [4.78, 5) is 0. The Morgan fingerprint density at radius 1 is 0.419 bits per heavy atom. The molecule has 2 aromatic rings. The second-order valence-electron chi connectivity index (χ2n) is 9.49. The minimum Gasteiger partial charge on any atom is -0.0683 e. The molecule has 0 fully saturated rings. The molecule has 0 bridgehead atoms. The molecule has 0 unspecified atom stereocenters. The molecule has 3 rings (SSSR count). The van der Waals surface area contributed by atoms with Gasteiger partial charge in [0.15, 0.2) is 0 Å². The maximum atomic E-state index is 2.22. The predicted octanol–water partition coefficient (Wildman–Crippen LogP) is 11.5. The number of fused-ring (bicyclic) bond motifs is 3. The molecule has 0 saturated carbocycles. The van der Waals surface area contributed by atoms with Crippen LogP contribution in [-0.4, -0.2) is 0 Å². The number of hydrogen-bond acceptors (Lipinski definition) is 0. The van der Waals surface area contributed by atoms with E-state index in [9.17, 15) is 0 Å². The summed E-state index contributed by atoms with van der Waals surface area (Å²) >= 11 is 0. The predicted molar refractivity (Wildman–Crippen MR) is 150 cm³/mol. The van der Waals surface area contributed by atoms with Crippen LogP contribution in [-0.2, 0) is 6.42 Å². The molecule has 1 aliphatic carbocycles. The van der Waals surface area contributed by atoms with Crippen LogP contribution in [0.15, 0.2) is 48.5 Å². The minimum absolute atomic E-state index is 0.500. The van der Waals surface area contributed by atoms with Gasteiger partial charge >= 0.3 is 0 Å². The summed E-state index contributed by atoms with van der Waals surface area (Å²) in [6, 6.07) is 17.3. The molecule has 0 N–H and O–H groups in total. The average Bonchev–Trinajstić information content (AvgIpc) is 3.10. The SMILES string of the molecule is CC.CC.CC.CC.CC(C)(C)C.CC(C)(C)C.c1ccc2c(c1)Cc1ccccc1-2. The second kappa shape index (κ2) is 21.7. The zero-order valence-corrected chi connectivity index (χ0v) is 24.3. The molecular formula is C31H58. The smallest absolute Gasteiger partial charge is 0.00135 e. The van der Waals surface area contributed by atoms with Gasteiger partial charge in [-0.1, -0.05) is 159 Å². The average molecular weight is 431 g/mol. The van der Waals surface area contributed by atoms with E-state index in [1.54, 1.807) is 0 Å². The third-order valence-corrected chi connectivity index (χ3v) is 2.71. The lowest BCUT2D eigenvalue weighted by molar-refractivity contribution is 0.469. The highest BCUT2D eigenvalue weighted by atomic mass is 14.2. The number of rotatable bonds is 0. The van der Waals surface area contributed by atoms with Crippen LogP contribution < -0.4 is 0 Å². The van der Waals surface area contributed by atoms with E-state index in [2.05, 4.69) is 104 Å². The Labute approximate surface area is 198 Å². The van der Waals surface area contributed by atoms with Crippen LogP contribution in [0.5, 0.6) is 0 Å². The van der Waals surface area contributed by atoms with Crippen LogP contribution in [0.25, 0.3) is 11.1 Å². The largest absolute Gasteiger partial charge is 0.0683 e. The topological polar surface area (TPSA) is 0 Å². The summed E-state index contributed by atoms with van der Waals surface area (Å²) in [5.74, 6) is 0. The summed E-state index contributed by atoms with van der Waals surface area (Å²) in [7, 11) is 0. The first-order valence-electron chi connectivity index (χ1n) is 12.6. The molecule has 0 amide bonds. The molecule has 0 aromatic heterocycles. The first-order valence-corrected chi connectivity index (χ1v) is 12.6. The Balaban J connectivity index is -0.000000173. The Bertz CT molecular complexity index is 539. The maximum Gasteiger partial charge on any atom is -0.00135 e. The molecule has 2 aromatic carbocycles. The van der Waals surface area contributed by atoms with Gasteiger partial charge in [0.2, 0.25) is 0 Å². The van der Waals surface area contributed by atoms with E-state index in [1.807, 2.05) is 55.4 Å². The highest BCUT2D eigenvalue weighted by Crippen LogP contribution is 2.35. The standard InChI is InChI=1S/C13H10.2C5H12.4C2H6/c1-3-7-12-10(5-1)9-11-6-2-4-8-13(11)12;2*1-5(2,3)4;4*1-2/h1-8H,9H2;2*1-4H3;4*1-2H3. The van der Waals surface area contributed by atoms with E-state index in [-0.39, 0.29) is 0 Å². The quantitative estimate of drug-likeness (QED) is 0.332. The lowest BCUT2D eigenvalue weighted by atomic mass is 10.0. The normalized spacial score (nSPS) is 9.81. The molecule has 0 heterocycles. The molecule has 0 atom stereocenters. The van der Waals surface area contributed by atoms with Crippen LogP contribution in [0, 0.1) is 10.8 Å². The first-order chi connectivity index (χ1) is 14.4. The summed E-state index contributed by atoms with van der Waals surface area (Å²) in [5, 5.41) is 0. The monoisotopic (exact) mass is 430 g/mol. The number of benzene rings is 2.